The van der Waals surface area contributed by atoms with Gasteiger partial charge in [0.2, 0.25) is 11.0 Å². The van der Waals surface area contributed by atoms with E-state index < -0.39 is 12.0 Å². The monoisotopic (exact) mass is 284 g/mol. The van der Waals surface area contributed by atoms with Crippen LogP contribution in [0.5, 0.6) is 0 Å². The Kier molecular flexibility index (Phi) is 5.76. The van der Waals surface area contributed by atoms with E-state index in [0.717, 1.165) is 6.54 Å². The van der Waals surface area contributed by atoms with E-state index in [2.05, 4.69) is 14.7 Å². The molecule has 1 rings (SSSR count). The summed E-state index contributed by atoms with van der Waals surface area (Å²) in [5, 5.41) is 2.99. The Morgan fingerprint density at radius 3 is 2.67 bits per heavy atom. The molecule has 18 heavy (non-hydrogen) atoms. The Morgan fingerprint density at radius 2 is 2.11 bits per heavy atom. The third kappa shape index (κ3) is 5.15. The molecule has 9 heteroatoms. The van der Waals surface area contributed by atoms with Gasteiger partial charge in [0.15, 0.2) is 0 Å². The quantitative estimate of drug-likeness (QED) is 0.823. The normalized spacial score (nSPS) is 12.1. The van der Waals surface area contributed by atoms with Gasteiger partial charge in [-0.25, -0.2) is 0 Å². The van der Waals surface area contributed by atoms with Crippen LogP contribution in [0.15, 0.2) is 0 Å². The Labute approximate surface area is 107 Å². The van der Waals surface area contributed by atoms with Crippen molar-refractivity contribution in [3.05, 3.63) is 5.82 Å². The molecule has 0 atom stereocenters. The molecular weight excluding hydrogens is 269 g/mol. The van der Waals surface area contributed by atoms with Gasteiger partial charge in [-0.2, -0.15) is 22.5 Å². The minimum absolute atomic E-state index is 0.183. The van der Waals surface area contributed by atoms with Gasteiger partial charge in [-0.3, -0.25) is 0 Å². The summed E-state index contributed by atoms with van der Waals surface area (Å²) in [6.07, 6.45) is -4.48. The molecule has 0 saturated carbocycles. The smallest absolute Gasteiger partial charge is 0.383 e. The number of ether oxygens (including phenoxy) is 1. The summed E-state index contributed by atoms with van der Waals surface area (Å²) in [4.78, 5) is 5.37. The fourth-order valence-electron chi connectivity index (χ4n) is 1.12. The molecule has 1 aromatic heterocycles. The van der Waals surface area contributed by atoms with Crippen molar-refractivity contribution in [1.82, 2.24) is 14.3 Å². The molecule has 104 valence electrons. The van der Waals surface area contributed by atoms with Gasteiger partial charge in [-0.1, -0.05) is 0 Å². The molecule has 0 spiro atoms. The molecule has 5 nitrogen and oxygen atoms in total. The number of nitrogens with zero attached hydrogens (tertiary/aromatic N) is 3. The first-order valence-electron chi connectivity index (χ1n) is 5.25. The Bertz CT molecular complexity index is 358. The molecular formula is C9H15F3N4OS. The lowest BCUT2D eigenvalue weighted by Gasteiger charge is -2.15. The van der Waals surface area contributed by atoms with E-state index in [1.807, 2.05) is 11.9 Å². The summed E-state index contributed by atoms with van der Waals surface area (Å²) >= 11 is 0.711. The number of hydrogen-bond donors (Lipinski definition) is 1. The zero-order valence-electron chi connectivity index (χ0n) is 10.1. The van der Waals surface area contributed by atoms with Crippen molar-refractivity contribution in [3.63, 3.8) is 0 Å². The van der Waals surface area contributed by atoms with E-state index in [-0.39, 0.29) is 5.13 Å². The van der Waals surface area contributed by atoms with Crippen LogP contribution in [0.3, 0.4) is 0 Å². The molecule has 0 bridgehead atoms. The molecule has 0 aliphatic rings. The van der Waals surface area contributed by atoms with E-state index in [1.54, 1.807) is 7.11 Å². The molecule has 0 amide bonds. The summed E-state index contributed by atoms with van der Waals surface area (Å²) in [6.45, 7) is 2.58. The maximum absolute atomic E-state index is 12.2. The minimum atomic E-state index is -4.48. The number of aromatic nitrogens is 2. The minimum Gasteiger partial charge on any atom is -0.383 e. The molecule has 1 heterocycles. The zero-order chi connectivity index (χ0) is 13.6. The first kappa shape index (κ1) is 15.1. The summed E-state index contributed by atoms with van der Waals surface area (Å²) < 4.78 is 44.8. The second-order valence-corrected chi connectivity index (χ2v) is 4.40. The summed E-state index contributed by atoms with van der Waals surface area (Å²) in [5.74, 6) is -1.09. The van der Waals surface area contributed by atoms with Crippen molar-refractivity contribution in [2.45, 2.75) is 6.18 Å². The van der Waals surface area contributed by atoms with E-state index >= 15 is 0 Å². The SMILES string of the molecule is COCCN(C)CCNc1nc(C(F)(F)F)ns1. The average molecular weight is 284 g/mol. The van der Waals surface area contributed by atoms with Crippen molar-refractivity contribution in [3.8, 4) is 0 Å². The van der Waals surface area contributed by atoms with Crippen LogP contribution in [0.4, 0.5) is 18.3 Å². The number of rotatable bonds is 7. The predicted octanol–water partition coefficient (Wildman–Crippen LogP) is 1.55. The van der Waals surface area contributed by atoms with Crippen LogP contribution in [-0.4, -0.2) is 54.7 Å². The maximum Gasteiger partial charge on any atom is 0.452 e. The Balaban J connectivity index is 2.29. The highest BCUT2D eigenvalue weighted by Gasteiger charge is 2.36. The third-order valence-corrected chi connectivity index (χ3v) is 2.80. The summed E-state index contributed by atoms with van der Waals surface area (Å²) in [7, 11) is 3.52. The van der Waals surface area contributed by atoms with Crippen molar-refractivity contribution >= 4 is 16.7 Å². The Hall–Kier alpha value is -0.930. The van der Waals surface area contributed by atoms with Crippen LogP contribution in [0.1, 0.15) is 5.82 Å². The van der Waals surface area contributed by atoms with Crippen molar-refractivity contribution < 1.29 is 17.9 Å². The Morgan fingerprint density at radius 1 is 1.39 bits per heavy atom. The number of halogens is 3. The van der Waals surface area contributed by atoms with Crippen LogP contribution < -0.4 is 5.32 Å². The van der Waals surface area contributed by atoms with Crippen molar-refractivity contribution in [2.75, 3.05) is 45.7 Å². The van der Waals surface area contributed by atoms with Crippen molar-refractivity contribution in [2.24, 2.45) is 0 Å². The standard InChI is InChI=1S/C9H15F3N4OS/c1-16(5-6-17-2)4-3-13-8-14-7(15-18-8)9(10,11)12/h3-6H2,1-2H3,(H,13,14,15). The number of methoxy groups -OCH3 is 1. The lowest BCUT2D eigenvalue weighted by atomic mass is 10.5. The average Bonchev–Trinajstić information content (AvgIpc) is 2.74. The fourth-order valence-corrected chi connectivity index (χ4v) is 1.73. The van der Waals surface area contributed by atoms with Crippen LogP contribution in [0.25, 0.3) is 0 Å². The number of likely N-dealkylation sites (N-methyl/N-ethyl adjacent to an activating group) is 1. The molecule has 0 aliphatic carbocycles. The van der Waals surface area contributed by atoms with Gasteiger partial charge in [0.1, 0.15) is 0 Å². The van der Waals surface area contributed by atoms with Gasteiger partial charge in [-0.15, -0.1) is 0 Å². The fraction of sp³-hybridized carbons (Fsp3) is 0.778. The molecule has 1 aromatic rings. The lowest BCUT2D eigenvalue weighted by molar-refractivity contribution is -0.144. The van der Waals surface area contributed by atoms with Crippen LogP contribution >= 0.6 is 11.5 Å². The van der Waals surface area contributed by atoms with Gasteiger partial charge < -0.3 is 15.0 Å². The third-order valence-electron chi connectivity index (χ3n) is 2.13. The molecule has 0 radical (unpaired) electrons. The van der Waals surface area contributed by atoms with Gasteiger partial charge in [-0.05, 0) is 7.05 Å². The van der Waals surface area contributed by atoms with Crippen LogP contribution in [-0.2, 0) is 10.9 Å². The lowest BCUT2D eigenvalue weighted by Crippen LogP contribution is -2.28. The van der Waals surface area contributed by atoms with Gasteiger partial charge in [0.05, 0.1) is 6.61 Å². The highest BCUT2D eigenvalue weighted by molar-refractivity contribution is 7.09. The molecule has 0 aromatic carbocycles. The van der Waals surface area contributed by atoms with E-state index in [0.29, 0.717) is 31.2 Å². The highest BCUT2D eigenvalue weighted by Crippen LogP contribution is 2.28. The summed E-state index contributed by atoms with van der Waals surface area (Å²) in [6, 6.07) is 0. The zero-order valence-corrected chi connectivity index (χ0v) is 10.9. The molecule has 0 unspecified atom stereocenters. The second kappa shape index (κ2) is 6.86. The second-order valence-electron chi connectivity index (χ2n) is 3.64. The number of hydrogen-bond acceptors (Lipinski definition) is 6. The van der Waals surface area contributed by atoms with Gasteiger partial charge >= 0.3 is 6.18 Å². The molecule has 0 fully saturated rings. The van der Waals surface area contributed by atoms with Gasteiger partial charge in [0, 0.05) is 38.3 Å². The first-order valence-corrected chi connectivity index (χ1v) is 6.03. The number of alkyl halides is 3. The van der Waals surface area contributed by atoms with E-state index in [1.165, 1.54) is 0 Å². The van der Waals surface area contributed by atoms with Crippen LogP contribution in [0.2, 0.25) is 0 Å². The molecule has 0 saturated heterocycles. The molecule has 0 aliphatic heterocycles. The number of nitrogens with one attached hydrogen (secondary N) is 1. The topological polar surface area (TPSA) is 50.3 Å². The predicted molar refractivity (Wildman–Crippen MR) is 62.8 cm³/mol. The van der Waals surface area contributed by atoms with Crippen molar-refractivity contribution in [1.29, 1.82) is 0 Å². The van der Waals surface area contributed by atoms with E-state index in [9.17, 15) is 13.2 Å². The van der Waals surface area contributed by atoms with E-state index in [4.69, 9.17) is 4.74 Å². The summed E-state index contributed by atoms with van der Waals surface area (Å²) in [5.41, 5.74) is 0. The maximum atomic E-state index is 12.2. The molecule has 1 N–H and O–H groups in total. The number of anilines is 1. The van der Waals surface area contributed by atoms with Gasteiger partial charge in [0.25, 0.3) is 0 Å². The largest absolute Gasteiger partial charge is 0.452 e. The highest BCUT2D eigenvalue weighted by atomic mass is 32.1. The van der Waals surface area contributed by atoms with Crippen LogP contribution in [0, 0.1) is 0 Å². The first-order chi connectivity index (χ1) is 8.43.